The molecule has 11 nitrogen and oxygen atoms in total. The normalized spacial score (nSPS) is 14.0. The molecular formula is C66H113O11P. The molecule has 0 heterocycles. The first kappa shape index (κ1) is 74.4. The van der Waals surface area contributed by atoms with E-state index in [1.165, 1.54) is 83.5 Å². The molecule has 0 aliphatic rings. The van der Waals surface area contributed by atoms with Gasteiger partial charge in [-0.1, -0.05) is 221 Å². The Morgan fingerprint density at radius 3 is 1.08 bits per heavy atom. The molecule has 0 bridgehead atoms. The van der Waals surface area contributed by atoms with Gasteiger partial charge in [-0.15, -0.1) is 0 Å². The molecule has 2 N–H and O–H groups in total. The van der Waals surface area contributed by atoms with Crippen LogP contribution >= 0.6 is 7.82 Å². The first-order valence-corrected chi connectivity index (χ1v) is 32.6. The molecular weight excluding hydrogens is 1000 g/mol. The predicted octanol–water partition coefficient (Wildman–Crippen LogP) is 18.8. The van der Waals surface area contributed by atoms with Gasteiger partial charge in [0.25, 0.3) is 0 Å². The molecule has 448 valence electrons. The molecule has 0 fully saturated rings. The Hall–Kier alpha value is -3.60. The monoisotopic (exact) mass is 1110 g/mol. The summed E-state index contributed by atoms with van der Waals surface area (Å²) in [5, 5.41) is 9.83. The molecule has 0 rings (SSSR count). The summed E-state index contributed by atoms with van der Waals surface area (Å²) in [5.41, 5.74) is 0. The highest BCUT2D eigenvalue weighted by Gasteiger charge is 2.28. The van der Waals surface area contributed by atoms with E-state index >= 15 is 0 Å². The Balaban J connectivity index is 4.79. The van der Waals surface area contributed by atoms with E-state index in [9.17, 15) is 28.9 Å². The first-order chi connectivity index (χ1) is 38.2. The highest BCUT2D eigenvalue weighted by Crippen LogP contribution is 2.43. The molecule has 0 amide bonds. The molecule has 3 unspecified atom stereocenters. The van der Waals surface area contributed by atoms with Crippen molar-refractivity contribution in [2.75, 3.05) is 26.4 Å². The Kier molecular flexibility index (Phi) is 56.8. The van der Waals surface area contributed by atoms with Crippen molar-refractivity contribution in [1.29, 1.82) is 0 Å². The standard InChI is InChI=1S/C66H113O11P/c1-4-7-10-13-16-19-22-25-27-29-31-33-35-38-40-43-46-49-52-55-64(68)73-59-63(77-66(70)57-54-51-48-45-42-39-36-34-32-30-28-26-23-20-17-14-11-8-5-2)61-75-78(71,72)74-60-62(58-67)76-65(69)56-53-50-47-44-41-37-24-21-18-15-12-9-6-3/h7,10,16-17,19-21,24-28,31,33,38,40,62-63,67H,4-6,8-9,11-15,18,22-23,29-30,32,34-37,39,41-61H2,1-3H3,(H,71,72)/b10-7-,19-16-,20-17-,24-21-,27-25-,28-26-,33-31-,40-38-. The van der Waals surface area contributed by atoms with Crippen LogP contribution in [0.1, 0.15) is 265 Å². The smallest absolute Gasteiger partial charge is 0.462 e. The van der Waals surface area contributed by atoms with Crippen molar-refractivity contribution in [2.24, 2.45) is 0 Å². The second-order valence-corrected chi connectivity index (χ2v) is 21.9. The average molecular weight is 1110 g/mol. The average Bonchev–Trinajstić information content (AvgIpc) is 3.43. The number of phosphoric ester groups is 1. The third-order valence-electron chi connectivity index (χ3n) is 13.0. The molecule has 0 aromatic carbocycles. The van der Waals surface area contributed by atoms with Gasteiger partial charge in [-0.05, 0) is 122 Å². The topological polar surface area (TPSA) is 155 Å². The highest BCUT2D eigenvalue weighted by molar-refractivity contribution is 7.47. The lowest BCUT2D eigenvalue weighted by Gasteiger charge is -2.21. The molecule has 12 heteroatoms. The SMILES string of the molecule is CC/C=C\C/C=C\C/C=C\C/C=C\C/C=C\CCCCCC(=O)OCC(COP(=O)(O)OCC(CO)OC(=O)CCCCCCC/C=C\CCCCCC)OC(=O)CCCCCCCCCCC/C=C\C/C=C\CCCCC. The number of esters is 3. The number of carbonyl (C=O) groups is 3. The molecule has 0 saturated heterocycles. The quantitative estimate of drug-likeness (QED) is 0.0197. The van der Waals surface area contributed by atoms with Crippen LogP contribution in [0.2, 0.25) is 0 Å². The predicted molar refractivity (Wildman–Crippen MR) is 325 cm³/mol. The third-order valence-corrected chi connectivity index (χ3v) is 13.9. The number of phosphoric acid groups is 1. The maximum atomic E-state index is 12.9. The summed E-state index contributed by atoms with van der Waals surface area (Å²) in [7, 11) is -4.77. The third kappa shape index (κ3) is 57.1. The molecule has 0 aliphatic heterocycles. The highest BCUT2D eigenvalue weighted by atomic mass is 31.2. The van der Waals surface area contributed by atoms with Crippen LogP contribution < -0.4 is 0 Å². The van der Waals surface area contributed by atoms with Crippen molar-refractivity contribution in [3.63, 3.8) is 0 Å². The maximum absolute atomic E-state index is 12.9. The molecule has 0 spiro atoms. The lowest BCUT2D eigenvalue weighted by molar-refractivity contribution is -0.161. The van der Waals surface area contributed by atoms with Crippen molar-refractivity contribution in [2.45, 2.75) is 277 Å². The minimum absolute atomic E-state index is 0.151. The number of allylic oxidation sites excluding steroid dienone is 16. The second kappa shape index (κ2) is 59.5. The van der Waals surface area contributed by atoms with Crippen LogP contribution in [0.25, 0.3) is 0 Å². The zero-order valence-corrected chi connectivity index (χ0v) is 50.5. The molecule has 0 aromatic heterocycles. The molecule has 3 atom stereocenters. The van der Waals surface area contributed by atoms with Crippen LogP contribution in [0.3, 0.4) is 0 Å². The summed E-state index contributed by atoms with van der Waals surface area (Å²) in [6.45, 7) is 4.46. The lowest BCUT2D eigenvalue weighted by atomic mass is 10.1. The summed E-state index contributed by atoms with van der Waals surface area (Å²) < 4.78 is 39.6. The number of ether oxygens (including phenoxy) is 3. The molecule has 0 saturated carbocycles. The fraction of sp³-hybridized carbons (Fsp3) is 0.712. The van der Waals surface area contributed by atoms with Gasteiger partial charge < -0.3 is 24.2 Å². The van der Waals surface area contributed by atoms with E-state index in [-0.39, 0.29) is 25.9 Å². The summed E-state index contributed by atoms with van der Waals surface area (Å²) in [6.07, 6.45) is 70.7. The Morgan fingerprint density at radius 1 is 0.372 bits per heavy atom. The fourth-order valence-corrected chi connectivity index (χ4v) is 9.01. The molecule has 0 aliphatic carbocycles. The zero-order valence-electron chi connectivity index (χ0n) is 49.6. The van der Waals surface area contributed by atoms with Crippen LogP contribution in [0.5, 0.6) is 0 Å². The number of carbonyl (C=O) groups excluding carboxylic acids is 3. The van der Waals surface area contributed by atoms with E-state index in [1.54, 1.807) is 0 Å². The minimum Gasteiger partial charge on any atom is -0.462 e. The van der Waals surface area contributed by atoms with Gasteiger partial charge in [0.1, 0.15) is 12.7 Å². The van der Waals surface area contributed by atoms with Crippen LogP contribution in [0.4, 0.5) is 0 Å². The van der Waals surface area contributed by atoms with Gasteiger partial charge in [-0.2, -0.15) is 0 Å². The van der Waals surface area contributed by atoms with E-state index in [4.69, 9.17) is 23.3 Å². The van der Waals surface area contributed by atoms with Gasteiger partial charge in [0.2, 0.25) is 0 Å². The van der Waals surface area contributed by atoms with E-state index in [0.29, 0.717) is 19.3 Å². The first-order valence-electron chi connectivity index (χ1n) is 31.1. The Bertz CT molecular complexity index is 1680. The zero-order chi connectivity index (χ0) is 56.9. The van der Waals surface area contributed by atoms with Gasteiger partial charge in [-0.3, -0.25) is 23.4 Å². The van der Waals surface area contributed by atoms with E-state index in [1.807, 2.05) is 0 Å². The van der Waals surface area contributed by atoms with Crippen molar-refractivity contribution in [3.05, 3.63) is 97.2 Å². The van der Waals surface area contributed by atoms with Gasteiger partial charge in [0, 0.05) is 19.3 Å². The minimum atomic E-state index is -4.77. The van der Waals surface area contributed by atoms with Crippen LogP contribution in [-0.2, 0) is 42.2 Å². The van der Waals surface area contributed by atoms with Crippen LogP contribution in [0.15, 0.2) is 97.2 Å². The molecule has 0 aromatic rings. The van der Waals surface area contributed by atoms with E-state index in [2.05, 4.69) is 118 Å². The van der Waals surface area contributed by atoms with Gasteiger partial charge in [0.05, 0.1) is 19.8 Å². The van der Waals surface area contributed by atoms with Crippen molar-refractivity contribution >= 4 is 25.7 Å². The number of aliphatic hydroxyl groups is 1. The lowest BCUT2D eigenvalue weighted by Crippen LogP contribution is -2.30. The van der Waals surface area contributed by atoms with Crippen molar-refractivity contribution in [3.8, 4) is 0 Å². The summed E-state index contributed by atoms with van der Waals surface area (Å²) in [5.74, 6) is -1.52. The van der Waals surface area contributed by atoms with Gasteiger partial charge >= 0.3 is 25.7 Å². The van der Waals surface area contributed by atoms with Gasteiger partial charge in [0.15, 0.2) is 6.10 Å². The van der Waals surface area contributed by atoms with E-state index < -0.39 is 57.8 Å². The number of rotatable bonds is 57. The maximum Gasteiger partial charge on any atom is 0.472 e. The summed E-state index contributed by atoms with van der Waals surface area (Å²) in [4.78, 5) is 48.7. The van der Waals surface area contributed by atoms with Crippen molar-refractivity contribution in [1.82, 2.24) is 0 Å². The Morgan fingerprint density at radius 2 is 0.667 bits per heavy atom. The number of aliphatic hydroxyl groups excluding tert-OH is 1. The fourth-order valence-electron chi connectivity index (χ4n) is 8.23. The summed E-state index contributed by atoms with van der Waals surface area (Å²) in [6, 6.07) is 0. The Labute approximate surface area is 476 Å². The van der Waals surface area contributed by atoms with Crippen molar-refractivity contribution < 1.29 is 52.2 Å². The van der Waals surface area contributed by atoms with E-state index in [0.717, 1.165) is 122 Å². The number of hydrogen-bond donors (Lipinski definition) is 2. The molecule has 78 heavy (non-hydrogen) atoms. The largest absolute Gasteiger partial charge is 0.472 e. The second-order valence-electron chi connectivity index (χ2n) is 20.5. The summed E-state index contributed by atoms with van der Waals surface area (Å²) >= 11 is 0. The van der Waals surface area contributed by atoms with Crippen LogP contribution in [-0.4, -0.2) is 66.5 Å². The van der Waals surface area contributed by atoms with Gasteiger partial charge in [-0.25, -0.2) is 4.57 Å². The molecule has 0 radical (unpaired) electrons. The number of unbranched alkanes of at least 4 members (excludes halogenated alkanes) is 24. The van der Waals surface area contributed by atoms with Crippen LogP contribution in [0, 0.1) is 0 Å². The number of hydrogen-bond acceptors (Lipinski definition) is 10.